The molecule has 12 aromatic rings. The summed E-state index contributed by atoms with van der Waals surface area (Å²) in [7, 11) is 0. The van der Waals surface area contributed by atoms with Crippen LogP contribution in [0.25, 0.3) is 115 Å². The Bertz CT molecular complexity index is 3510. The highest BCUT2D eigenvalue weighted by Gasteiger charge is 2.19. The zero-order valence-corrected chi connectivity index (χ0v) is 31.9. The van der Waals surface area contributed by atoms with Gasteiger partial charge in [-0.2, -0.15) is 0 Å². The Balaban J connectivity index is 1.00. The van der Waals surface area contributed by atoms with Gasteiger partial charge in [0.05, 0.1) is 22.2 Å². The maximum atomic E-state index is 5.26. The van der Waals surface area contributed by atoms with E-state index in [1.807, 2.05) is 11.3 Å². The summed E-state index contributed by atoms with van der Waals surface area (Å²) in [4.78, 5) is 20.7. The van der Waals surface area contributed by atoms with E-state index in [1.54, 1.807) is 0 Å². The van der Waals surface area contributed by atoms with Gasteiger partial charge in [-0.3, -0.25) is 0 Å². The molecule has 270 valence electrons. The molecule has 0 saturated heterocycles. The van der Waals surface area contributed by atoms with E-state index >= 15 is 0 Å². The summed E-state index contributed by atoms with van der Waals surface area (Å²) >= 11 is 1.83. The monoisotopic (exact) mass is 757 g/mol. The summed E-state index contributed by atoms with van der Waals surface area (Å²) in [6, 6.07) is 66.0. The SMILES string of the molecule is c1ccc2c(-c3nc(-c4ccc(-c5nc6ccccc6c6sc7ccccc7c56)cc4)nc(-c4ccc(-n5c6ccccc6c6ccccc65)cc4)n3)cccc2c1. The largest absolute Gasteiger partial charge is 0.309 e. The Labute approximate surface area is 337 Å². The fraction of sp³-hybridized carbons (Fsp3) is 0. The number of benzene rings is 8. The molecule has 0 fully saturated rings. The smallest absolute Gasteiger partial charge is 0.164 e. The third-order valence-corrected chi connectivity index (χ3v) is 12.5. The third-order valence-electron chi connectivity index (χ3n) is 11.3. The van der Waals surface area contributed by atoms with Crippen LogP contribution in [0.4, 0.5) is 0 Å². The molecule has 0 atom stereocenters. The van der Waals surface area contributed by atoms with Crippen LogP contribution in [0.2, 0.25) is 0 Å². The lowest BCUT2D eigenvalue weighted by Crippen LogP contribution is -2.01. The lowest BCUT2D eigenvalue weighted by molar-refractivity contribution is 1.07. The zero-order chi connectivity index (χ0) is 38.2. The minimum Gasteiger partial charge on any atom is -0.309 e. The van der Waals surface area contributed by atoms with Gasteiger partial charge in [0.15, 0.2) is 17.5 Å². The van der Waals surface area contributed by atoms with Crippen LogP contribution >= 0.6 is 11.3 Å². The third kappa shape index (κ3) is 5.16. The molecular weight excluding hydrogens is 727 g/mol. The summed E-state index contributed by atoms with van der Waals surface area (Å²) < 4.78 is 4.85. The number of aromatic nitrogens is 5. The lowest BCUT2D eigenvalue weighted by atomic mass is 10.0. The van der Waals surface area contributed by atoms with Crippen molar-refractivity contribution in [1.29, 1.82) is 0 Å². The van der Waals surface area contributed by atoms with E-state index in [1.165, 1.54) is 47.4 Å². The number of pyridine rings is 1. The first-order valence-corrected chi connectivity index (χ1v) is 20.2. The molecule has 4 heterocycles. The van der Waals surface area contributed by atoms with Gasteiger partial charge in [0.2, 0.25) is 0 Å². The van der Waals surface area contributed by atoms with Crippen molar-refractivity contribution in [3.05, 3.63) is 188 Å². The molecule has 6 heteroatoms. The predicted octanol–water partition coefficient (Wildman–Crippen LogP) is 13.7. The quantitative estimate of drug-likeness (QED) is 0.175. The van der Waals surface area contributed by atoms with Crippen molar-refractivity contribution in [1.82, 2.24) is 24.5 Å². The second kappa shape index (κ2) is 13.0. The van der Waals surface area contributed by atoms with Crippen molar-refractivity contribution in [3.8, 4) is 51.1 Å². The van der Waals surface area contributed by atoms with Crippen molar-refractivity contribution in [2.24, 2.45) is 0 Å². The van der Waals surface area contributed by atoms with Gasteiger partial charge in [-0.05, 0) is 59.3 Å². The molecule has 5 nitrogen and oxygen atoms in total. The van der Waals surface area contributed by atoms with Crippen molar-refractivity contribution >= 4 is 75.0 Å². The summed E-state index contributed by atoms with van der Waals surface area (Å²) in [6.45, 7) is 0. The van der Waals surface area contributed by atoms with Gasteiger partial charge < -0.3 is 4.57 Å². The van der Waals surface area contributed by atoms with E-state index in [0.29, 0.717) is 17.5 Å². The Kier molecular flexibility index (Phi) is 7.33. The molecule has 0 aliphatic rings. The molecule has 0 saturated carbocycles. The van der Waals surface area contributed by atoms with E-state index in [2.05, 4.69) is 193 Å². The van der Waals surface area contributed by atoms with Gasteiger partial charge in [-0.1, -0.05) is 140 Å². The highest BCUT2D eigenvalue weighted by Crippen LogP contribution is 2.43. The van der Waals surface area contributed by atoms with E-state index in [0.717, 1.165) is 49.9 Å². The molecule has 0 radical (unpaired) electrons. The maximum absolute atomic E-state index is 5.26. The van der Waals surface area contributed by atoms with Crippen molar-refractivity contribution in [2.45, 2.75) is 0 Å². The number of para-hydroxylation sites is 3. The molecule has 0 aliphatic heterocycles. The molecule has 58 heavy (non-hydrogen) atoms. The van der Waals surface area contributed by atoms with Crippen molar-refractivity contribution < 1.29 is 0 Å². The molecule has 12 rings (SSSR count). The molecule has 0 spiro atoms. The summed E-state index contributed by atoms with van der Waals surface area (Å²) in [5.74, 6) is 1.87. The summed E-state index contributed by atoms with van der Waals surface area (Å²) in [5, 5.41) is 8.31. The number of hydrogen-bond donors (Lipinski definition) is 0. The lowest BCUT2D eigenvalue weighted by Gasteiger charge is -2.12. The second-order valence-electron chi connectivity index (χ2n) is 14.6. The van der Waals surface area contributed by atoms with Crippen LogP contribution in [0.1, 0.15) is 0 Å². The number of hydrogen-bond acceptors (Lipinski definition) is 5. The van der Waals surface area contributed by atoms with Gasteiger partial charge in [0.25, 0.3) is 0 Å². The van der Waals surface area contributed by atoms with Crippen molar-refractivity contribution in [3.63, 3.8) is 0 Å². The fourth-order valence-electron chi connectivity index (χ4n) is 8.53. The number of nitrogens with zero attached hydrogens (tertiary/aromatic N) is 5. The average molecular weight is 758 g/mol. The van der Waals surface area contributed by atoms with E-state index in [9.17, 15) is 0 Å². The van der Waals surface area contributed by atoms with Gasteiger partial charge in [-0.15, -0.1) is 11.3 Å². The molecule has 4 aromatic heterocycles. The number of rotatable bonds is 5. The summed E-state index contributed by atoms with van der Waals surface area (Å²) in [6.07, 6.45) is 0. The first-order valence-electron chi connectivity index (χ1n) is 19.4. The van der Waals surface area contributed by atoms with Crippen LogP contribution in [-0.2, 0) is 0 Å². The summed E-state index contributed by atoms with van der Waals surface area (Å²) in [5.41, 5.74) is 9.23. The topological polar surface area (TPSA) is 56.5 Å². The normalized spacial score (nSPS) is 11.8. The number of thiophene rings is 1. The van der Waals surface area contributed by atoms with Gasteiger partial charge in [0, 0.05) is 64.3 Å². The Morgan fingerprint density at radius 1 is 0.379 bits per heavy atom. The molecule has 0 unspecified atom stereocenters. The van der Waals surface area contributed by atoms with Gasteiger partial charge in [0.1, 0.15) is 0 Å². The van der Waals surface area contributed by atoms with Crippen molar-refractivity contribution in [2.75, 3.05) is 0 Å². The standard InChI is InChI=1S/C52H31N5S/c1-2-14-37-32(12-1)13-11-19-40(37)52-55-50(54-51(56-52)35-28-30-36(31-29-35)57-44-21-8-4-15-38(44)39-16-5-9-22-45(39)57)34-26-24-33(25-27-34)48-47-42-18-6-10-23-46(42)58-49(47)41-17-3-7-20-43(41)53-48/h1-31H. The van der Waals surface area contributed by atoms with Gasteiger partial charge in [-0.25, -0.2) is 19.9 Å². The van der Waals surface area contributed by atoms with Crippen LogP contribution in [0.5, 0.6) is 0 Å². The first kappa shape index (κ1) is 32.7. The van der Waals surface area contributed by atoms with Crippen LogP contribution in [-0.4, -0.2) is 24.5 Å². The van der Waals surface area contributed by atoms with Crippen LogP contribution < -0.4 is 0 Å². The van der Waals surface area contributed by atoms with E-state index in [-0.39, 0.29) is 0 Å². The van der Waals surface area contributed by atoms with Crippen LogP contribution in [0.15, 0.2) is 188 Å². The molecule has 8 aromatic carbocycles. The van der Waals surface area contributed by atoms with Crippen LogP contribution in [0.3, 0.4) is 0 Å². The Hall–Kier alpha value is -7.54. The van der Waals surface area contributed by atoms with E-state index in [4.69, 9.17) is 19.9 Å². The molecule has 0 N–H and O–H groups in total. The minimum absolute atomic E-state index is 0.614. The van der Waals surface area contributed by atoms with Gasteiger partial charge >= 0.3 is 0 Å². The highest BCUT2D eigenvalue weighted by molar-refractivity contribution is 7.26. The molecular formula is C52H31N5S. The first-order chi connectivity index (χ1) is 28.7. The minimum atomic E-state index is 0.614. The Morgan fingerprint density at radius 3 is 1.64 bits per heavy atom. The predicted molar refractivity (Wildman–Crippen MR) is 242 cm³/mol. The second-order valence-corrected chi connectivity index (χ2v) is 15.7. The van der Waals surface area contributed by atoms with Crippen LogP contribution in [0, 0.1) is 0 Å². The van der Waals surface area contributed by atoms with E-state index < -0.39 is 0 Å². The molecule has 0 amide bonds. The highest BCUT2D eigenvalue weighted by atomic mass is 32.1. The average Bonchev–Trinajstić information content (AvgIpc) is 3.85. The number of fused-ring (bicyclic) bond motifs is 9. The molecule has 0 bridgehead atoms. The Morgan fingerprint density at radius 2 is 0.914 bits per heavy atom. The molecule has 0 aliphatic carbocycles. The fourth-order valence-corrected chi connectivity index (χ4v) is 9.77. The zero-order valence-electron chi connectivity index (χ0n) is 31.0. The maximum Gasteiger partial charge on any atom is 0.164 e.